The average Bonchev–Trinajstić information content (AvgIpc) is 2.81. The number of esters is 1. The molecule has 0 radical (unpaired) electrons. The van der Waals surface area contributed by atoms with Crippen molar-refractivity contribution in [3.8, 4) is 0 Å². The maximum Gasteiger partial charge on any atom is 0.410 e. The fourth-order valence-corrected chi connectivity index (χ4v) is 2.14. The largest absolute Gasteiger partial charge is 0.466 e. The molecule has 1 saturated heterocycles. The third kappa shape index (κ3) is 4.59. The highest BCUT2D eigenvalue weighted by Gasteiger charge is 2.45. The van der Waals surface area contributed by atoms with E-state index < -0.39 is 35.4 Å². The lowest BCUT2D eigenvalue weighted by Gasteiger charge is -2.24. The van der Waals surface area contributed by atoms with Crippen molar-refractivity contribution in [2.75, 3.05) is 19.7 Å². The fraction of sp³-hybridized carbons (Fsp3) is 0.769. The Morgan fingerprint density at radius 3 is 2.29 bits per heavy atom. The molecular weight excluding hydrogens is 278 g/mol. The van der Waals surface area contributed by atoms with E-state index in [0.717, 1.165) is 0 Å². The molecule has 0 aliphatic carbocycles. The van der Waals surface area contributed by atoms with E-state index in [4.69, 9.17) is 15.3 Å². The maximum atomic E-state index is 12.0. The summed E-state index contributed by atoms with van der Waals surface area (Å²) < 4.78 is 10.2. The first-order valence-electron chi connectivity index (χ1n) is 6.84. The zero-order valence-electron chi connectivity index (χ0n) is 12.8. The molecule has 0 saturated carbocycles. The second-order valence-electron chi connectivity index (χ2n) is 5.86. The van der Waals surface area contributed by atoms with Gasteiger partial charge < -0.3 is 14.4 Å². The van der Waals surface area contributed by atoms with E-state index in [1.54, 1.807) is 27.7 Å². The minimum Gasteiger partial charge on any atom is -0.466 e. The molecule has 1 heterocycles. The first kappa shape index (κ1) is 17.2. The van der Waals surface area contributed by atoms with Crippen LogP contribution in [0, 0.1) is 11.8 Å². The van der Waals surface area contributed by atoms with Crippen molar-refractivity contribution in [2.45, 2.75) is 33.3 Å². The van der Waals surface area contributed by atoms with E-state index in [-0.39, 0.29) is 19.7 Å². The molecule has 0 bridgehead atoms. The van der Waals surface area contributed by atoms with Gasteiger partial charge in [-0.05, 0) is 27.7 Å². The molecule has 3 N–H and O–H groups in total. The second kappa shape index (κ2) is 6.75. The zero-order chi connectivity index (χ0) is 16.2. The van der Waals surface area contributed by atoms with Crippen molar-refractivity contribution in [3.05, 3.63) is 0 Å². The molecule has 8 nitrogen and oxygen atoms in total. The summed E-state index contributed by atoms with van der Waals surface area (Å²) in [5, 5.41) is 0. The fourth-order valence-electron chi connectivity index (χ4n) is 2.14. The highest BCUT2D eigenvalue weighted by molar-refractivity contribution is 5.87. The van der Waals surface area contributed by atoms with E-state index in [1.807, 2.05) is 5.43 Å². The van der Waals surface area contributed by atoms with Gasteiger partial charge in [0.05, 0.1) is 18.4 Å². The lowest BCUT2D eigenvalue weighted by molar-refractivity contribution is -0.151. The van der Waals surface area contributed by atoms with Crippen LogP contribution >= 0.6 is 0 Å². The monoisotopic (exact) mass is 301 g/mol. The molecule has 1 aliphatic rings. The summed E-state index contributed by atoms with van der Waals surface area (Å²) >= 11 is 0. The van der Waals surface area contributed by atoms with E-state index in [2.05, 4.69) is 0 Å². The van der Waals surface area contributed by atoms with Gasteiger partial charge in [-0.1, -0.05) is 0 Å². The van der Waals surface area contributed by atoms with Crippen LogP contribution in [0.2, 0.25) is 0 Å². The molecule has 2 atom stereocenters. The first-order valence-corrected chi connectivity index (χ1v) is 6.84. The molecule has 1 fully saturated rings. The van der Waals surface area contributed by atoms with Gasteiger partial charge in [0.25, 0.3) is 0 Å². The van der Waals surface area contributed by atoms with Crippen LogP contribution in [0.1, 0.15) is 27.7 Å². The number of hydrazine groups is 1. The molecule has 1 aliphatic heterocycles. The molecule has 2 amide bonds. The SMILES string of the molecule is CCOC(=O)[C@H]1CN(C(=O)OC(C)(C)C)C[C@@H]1C(=O)NN. The Morgan fingerprint density at radius 2 is 1.81 bits per heavy atom. The third-order valence-electron chi connectivity index (χ3n) is 3.04. The quantitative estimate of drug-likeness (QED) is 0.329. The van der Waals surface area contributed by atoms with Gasteiger partial charge in [-0.3, -0.25) is 15.0 Å². The molecule has 8 heteroatoms. The molecule has 0 aromatic heterocycles. The second-order valence-corrected chi connectivity index (χ2v) is 5.86. The Kier molecular flexibility index (Phi) is 5.54. The lowest BCUT2D eigenvalue weighted by atomic mass is 9.95. The highest BCUT2D eigenvalue weighted by Crippen LogP contribution is 2.26. The van der Waals surface area contributed by atoms with Crippen LogP contribution in [0.4, 0.5) is 4.79 Å². The molecule has 0 spiro atoms. The van der Waals surface area contributed by atoms with Crippen molar-refractivity contribution in [3.63, 3.8) is 0 Å². The summed E-state index contributed by atoms with van der Waals surface area (Å²) in [6, 6.07) is 0. The van der Waals surface area contributed by atoms with Crippen molar-refractivity contribution in [1.29, 1.82) is 0 Å². The molecular formula is C13H23N3O5. The lowest BCUT2D eigenvalue weighted by Crippen LogP contribution is -2.41. The summed E-state index contributed by atoms with van der Waals surface area (Å²) in [5.41, 5.74) is 1.37. The van der Waals surface area contributed by atoms with Crippen molar-refractivity contribution in [2.24, 2.45) is 17.7 Å². The number of carbonyl (C=O) groups is 3. The van der Waals surface area contributed by atoms with Gasteiger partial charge in [0.1, 0.15) is 5.60 Å². The standard InChI is InChI=1S/C13H23N3O5/c1-5-20-11(18)9-7-16(6-8(9)10(17)15-14)12(19)21-13(2,3)4/h8-9H,5-7,14H2,1-4H3,(H,15,17)/t8-,9-/m0/s1. The van der Waals surface area contributed by atoms with Crippen LogP contribution in [-0.4, -0.2) is 48.2 Å². The molecule has 0 unspecified atom stereocenters. The first-order chi connectivity index (χ1) is 9.69. The van der Waals surface area contributed by atoms with Gasteiger partial charge in [0.15, 0.2) is 0 Å². The van der Waals surface area contributed by atoms with Gasteiger partial charge in [0, 0.05) is 13.1 Å². The van der Waals surface area contributed by atoms with Gasteiger partial charge in [-0.2, -0.15) is 0 Å². The van der Waals surface area contributed by atoms with Gasteiger partial charge >= 0.3 is 12.1 Å². The number of hydrogen-bond acceptors (Lipinski definition) is 6. The number of nitrogens with two attached hydrogens (primary N) is 1. The van der Waals surface area contributed by atoms with Crippen molar-refractivity contribution >= 4 is 18.0 Å². The Bertz CT molecular complexity index is 419. The van der Waals surface area contributed by atoms with E-state index in [9.17, 15) is 14.4 Å². The highest BCUT2D eigenvalue weighted by atomic mass is 16.6. The number of hydrogen-bond donors (Lipinski definition) is 2. The number of likely N-dealkylation sites (tertiary alicyclic amines) is 1. The van der Waals surface area contributed by atoms with E-state index >= 15 is 0 Å². The van der Waals surface area contributed by atoms with Gasteiger partial charge in [-0.25, -0.2) is 10.6 Å². The predicted octanol–water partition coefficient (Wildman–Crippen LogP) is 0.0225. The topological polar surface area (TPSA) is 111 Å². The van der Waals surface area contributed by atoms with Gasteiger partial charge in [-0.15, -0.1) is 0 Å². The van der Waals surface area contributed by atoms with Crippen LogP contribution < -0.4 is 11.3 Å². The molecule has 0 aromatic rings. The Morgan fingerprint density at radius 1 is 1.24 bits per heavy atom. The zero-order valence-corrected chi connectivity index (χ0v) is 12.8. The number of carbonyl (C=O) groups excluding carboxylic acids is 3. The minimum atomic E-state index is -0.735. The molecule has 0 aromatic carbocycles. The van der Waals surface area contributed by atoms with Crippen LogP contribution in [-0.2, 0) is 19.1 Å². The minimum absolute atomic E-state index is 0.0709. The summed E-state index contributed by atoms with van der Waals surface area (Å²) in [4.78, 5) is 37.0. The number of rotatable bonds is 3. The Hall–Kier alpha value is -1.83. The predicted molar refractivity (Wildman–Crippen MR) is 73.8 cm³/mol. The Labute approximate surface area is 123 Å². The average molecular weight is 301 g/mol. The number of amides is 2. The van der Waals surface area contributed by atoms with Crippen LogP contribution in [0.5, 0.6) is 0 Å². The van der Waals surface area contributed by atoms with Crippen LogP contribution in [0.25, 0.3) is 0 Å². The molecule has 120 valence electrons. The normalized spacial score (nSPS) is 21.9. The van der Waals surface area contributed by atoms with Crippen LogP contribution in [0.3, 0.4) is 0 Å². The number of ether oxygens (including phenoxy) is 2. The van der Waals surface area contributed by atoms with E-state index in [0.29, 0.717) is 0 Å². The van der Waals surface area contributed by atoms with Crippen LogP contribution in [0.15, 0.2) is 0 Å². The van der Waals surface area contributed by atoms with Gasteiger partial charge in [0.2, 0.25) is 5.91 Å². The number of nitrogens with one attached hydrogen (secondary N) is 1. The summed E-state index contributed by atoms with van der Waals surface area (Å²) in [5.74, 6) is 2.64. The van der Waals surface area contributed by atoms with Crippen molar-refractivity contribution in [1.82, 2.24) is 10.3 Å². The smallest absolute Gasteiger partial charge is 0.410 e. The molecule has 21 heavy (non-hydrogen) atoms. The summed E-state index contributed by atoms with van der Waals surface area (Å²) in [7, 11) is 0. The third-order valence-corrected chi connectivity index (χ3v) is 3.04. The molecule has 1 rings (SSSR count). The Balaban J connectivity index is 2.82. The van der Waals surface area contributed by atoms with E-state index in [1.165, 1.54) is 4.90 Å². The summed E-state index contributed by atoms with van der Waals surface area (Å²) in [6.07, 6.45) is -0.566. The maximum absolute atomic E-state index is 12.0. The number of nitrogens with zero attached hydrogens (tertiary/aromatic N) is 1. The summed E-state index contributed by atoms with van der Waals surface area (Å²) in [6.45, 7) is 7.26. The van der Waals surface area contributed by atoms with Crippen molar-refractivity contribution < 1.29 is 23.9 Å².